The monoisotopic (exact) mass is 307 g/mol. The van der Waals surface area contributed by atoms with Crippen LogP contribution in [0.5, 0.6) is 0 Å². The van der Waals surface area contributed by atoms with Gasteiger partial charge in [0.2, 0.25) is 10.0 Å². The van der Waals surface area contributed by atoms with E-state index in [0.29, 0.717) is 5.56 Å². The highest BCUT2D eigenvalue weighted by Crippen LogP contribution is 2.15. The molecule has 0 atom stereocenters. The van der Waals surface area contributed by atoms with Crippen LogP contribution in [0.4, 0.5) is 0 Å². The van der Waals surface area contributed by atoms with E-state index in [-0.39, 0.29) is 11.4 Å². The second-order valence-electron chi connectivity index (χ2n) is 4.04. The van der Waals surface area contributed by atoms with Crippen molar-refractivity contribution in [1.29, 1.82) is 5.26 Å². The molecule has 1 N–H and O–H groups in total. The highest BCUT2D eigenvalue weighted by Gasteiger charge is 2.15. The zero-order valence-electron chi connectivity index (χ0n) is 10.8. The molecule has 1 heterocycles. The van der Waals surface area contributed by atoms with Crippen molar-refractivity contribution in [2.75, 3.05) is 0 Å². The van der Waals surface area contributed by atoms with Gasteiger partial charge in [0.1, 0.15) is 5.01 Å². The van der Waals surface area contributed by atoms with Gasteiger partial charge in [-0.3, -0.25) is 0 Å². The van der Waals surface area contributed by atoms with Crippen LogP contribution in [0.15, 0.2) is 35.4 Å². The fourth-order valence-corrected chi connectivity index (χ4v) is 3.49. The number of rotatable bonds is 5. The summed E-state index contributed by atoms with van der Waals surface area (Å²) >= 11 is 1.49. The van der Waals surface area contributed by atoms with Gasteiger partial charge < -0.3 is 0 Å². The van der Waals surface area contributed by atoms with E-state index in [4.69, 9.17) is 5.26 Å². The minimum absolute atomic E-state index is 0.0869. The van der Waals surface area contributed by atoms with Gasteiger partial charge in [0.25, 0.3) is 0 Å². The average molecular weight is 307 g/mol. The van der Waals surface area contributed by atoms with Crippen molar-refractivity contribution in [1.82, 2.24) is 9.71 Å². The van der Waals surface area contributed by atoms with E-state index in [1.807, 2.05) is 13.0 Å². The Morgan fingerprint density at radius 3 is 2.90 bits per heavy atom. The molecule has 0 amide bonds. The van der Waals surface area contributed by atoms with Gasteiger partial charge in [0.15, 0.2) is 0 Å². The molecule has 0 aliphatic carbocycles. The lowest BCUT2D eigenvalue weighted by Crippen LogP contribution is -2.23. The number of nitrogens with one attached hydrogen (secondary N) is 1. The van der Waals surface area contributed by atoms with Crippen LogP contribution in [0.1, 0.15) is 22.4 Å². The van der Waals surface area contributed by atoms with Crippen molar-refractivity contribution < 1.29 is 8.42 Å². The van der Waals surface area contributed by atoms with Crippen LogP contribution in [0.25, 0.3) is 0 Å². The topological polar surface area (TPSA) is 82.8 Å². The first kappa shape index (κ1) is 14.7. The smallest absolute Gasteiger partial charge is 0.240 e. The predicted molar refractivity (Wildman–Crippen MR) is 76.7 cm³/mol. The van der Waals surface area contributed by atoms with Crippen molar-refractivity contribution in [3.63, 3.8) is 0 Å². The van der Waals surface area contributed by atoms with Gasteiger partial charge in [0.05, 0.1) is 23.1 Å². The zero-order valence-corrected chi connectivity index (χ0v) is 12.5. The standard InChI is InChI=1S/C13H13N3O2S2/c1-2-11-8-15-13(19-11)9-16-20(17,18)12-5-3-4-10(6-12)7-14/h3-6,8,16H,2,9H2,1H3. The Morgan fingerprint density at radius 1 is 1.45 bits per heavy atom. The molecule has 0 unspecified atom stereocenters. The second kappa shape index (κ2) is 6.13. The molecule has 0 saturated heterocycles. The predicted octanol–water partition coefficient (Wildman–Crippen LogP) is 2.06. The first-order valence-electron chi connectivity index (χ1n) is 5.98. The summed E-state index contributed by atoms with van der Waals surface area (Å²) in [5.41, 5.74) is 0.315. The van der Waals surface area contributed by atoms with Crippen molar-refractivity contribution in [2.24, 2.45) is 0 Å². The van der Waals surface area contributed by atoms with Gasteiger partial charge in [-0.1, -0.05) is 13.0 Å². The van der Waals surface area contributed by atoms with E-state index in [0.717, 1.165) is 16.3 Å². The Bertz CT molecular complexity index is 745. The van der Waals surface area contributed by atoms with Crippen molar-refractivity contribution in [3.8, 4) is 6.07 Å². The van der Waals surface area contributed by atoms with Crippen LogP contribution in [0.2, 0.25) is 0 Å². The van der Waals surface area contributed by atoms with Crippen molar-refractivity contribution in [3.05, 3.63) is 45.9 Å². The van der Waals surface area contributed by atoms with E-state index in [1.54, 1.807) is 18.3 Å². The molecule has 0 aliphatic heterocycles. The SMILES string of the molecule is CCc1cnc(CNS(=O)(=O)c2cccc(C#N)c2)s1. The molecule has 2 aromatic rings. The number of sulfonamides is 1. The lowest BCUT2D eigenvalue weighted by Gasteiger charge is -2.05. The van der Waals surface area contributed by atoms with Gasteiger partial charge in [0, 0.05) is 11.1 Å². The highest BCUT2D eigenvalue weighted by atomic mass is 32.2. The van der Waals surface area contributed by atoms with E-state index in [9.17, 15) is 8.42 Å². The first-order valence-corrected chi connectivity index (χ1v) is 8.28. The van der Waals surface area contributed by atoms with Crippen molar-refractivity contribution in [2.45, 2.75) is 24.8 Å². The maximum absolute atomic E-state index is 12.1. The van der Waals surface area contributed by atoms with E-state index >= 15 is 0 Å². The molecular weight excluding hydrogens is 294 g/mol. The Balaban J connectivity index is 2.13. The third-order valence-electron chi connectivity index (χ3n) is 2.64. The number of thiazole rings is 1. The highest BCUT2D eigenvalue weighted by molar-refractivity contribution is 7.89. The summed E-state index contributed by atoms with van der Waals surface area (Å²) in [5.74, 6) is 0. The van der Waals surface area contributed by atoms with E-state index in [2.05, 4.69) is 9.71 Å². The maximum atomic E-state index is 12.1. The number of aromatic nitrogens is 1. The number of hydrogen-bond acceptors (Lipinski definition) is 5. The molecule has 0 spiro atoms. The van der Waals surface area contributed by atoms with Gasteiger partial charge in [-0.15, -0.1) is 11.3 Å². The van der Waals surface area contributed by atoms with Gasteiger partial charge in [-0.2, -0.15) is 5.26 Å². The molecule has 5 nitrogen and oxygen atoms in total. The van der Waals surface area contributed by atoms with E-state index < -0.39 is 10.0 Å². The minimum Gasteiger partial charge on any atom is -0.248 e. The summed E-state index contributed by atoms with van der Waals surface area (Å²) in [5, 5.41) is 9.52. The van der Waals surface area contributed by atoms with E-state index in [1.165, 1.54) is 23.5 Å². The van der Waals surface area contributed by atoms with Crippen LogP contribution in [0.3, 0.4) is 0 Å². The summed E-state index contributed by atoms with van der Waals surface area (Å²) < 4.78 is 26.7. The summed E-state index contributed by atoms with van der Waals surface area (Å²) in [6, 6.07) is 7.84. The van der Waals surface area contributed by atoms with Gasteiger partial charge in [-0.25, -0.2) is 18.1 Å². The fourth-order valence-electron chi connectivity index (χ4n) is 1.57. The maximum Gasteiger partial charge on any atom is 0.240 e. The number of nitrogens with zero attached hydrogens (tertiary/aromatic N) is 2. The molecule has 1 aromatic carbocycles. The number of nitriles is 1. The number of aryl methyl sites for hydroxylation is 1. The van der Waals surface area contributed by atoms with Gasteiger partial charge >= 0.3 is 0 Å². The summed E-state index contributed by atoms with van der Waals surface area (Å²) in [7, 11) is -3.62. The normalized spacial score (nSPS) is 11.2. The molecule has 0 bridgehead atoms. The third-order valence-corrected chi connectivity index (χ3v) is 5.18. The Kier molecular flexibility index (Phi) is 4.49. The molecule has 0 aliphatic rings. The van der Waals surface area contributed by atoms with Crippen LogP contribution in [-0.4, -0.2) is 13.4 Å². The van der Waals surface area contributed by atoms with Crippen molar-refractivity contribution >= 4 is 21.4 Å². The van der Waals surface area contributed by atoms with Crippen LogP contribution >= 0.6 is 11.3 Å². The lowest BCUT2D eigenvalue weighted by molar-refractivity contribution is 0.581. The molecule has 0 fully saturated rings. The number of benzene rings is 1. The Labute approximate surface area is 122 Å². The molecule has 1 aromatic heterocycles. The molecular formula is C13H13N3O2S2. The van der Waals surface area contributed by atoms with Crippen LogP contribution in [0, 0.1) is 11.3 Å². The molecule has 0 saturated carbocycles. The Morgan fingerprint density at radius 2 is 2.25 bits per heavy atom. The largest absolute Gasteiger partial charge is 0.248 e. The Hall–Kier alpha value is -1.75. The minimum atomic E-state index is -3.62. The summed E-state index contributed by atoms with van der Waals surface area (Å²) in [6.45, 7) is 2.18. The average Bonchev–Trinajstić information content (AvgIpc) is 2.93. The molecule has 2 rings (SSSR count). The first-order chi connectivity index (χ1) is 9.55. The lowest BCUT2D eigenvalue weighted by atomic mass is 10.2. The van der Waals surface area contributed by atoms with Gasteiger partial charge in [-0.05, 0) is 24.6 Å². The van der Waals surface area contributed by atoms with Crippen LogP contribution in [-0.2, 0) is 23.0 Å². The molecule has 0 radical (unpaired) electrons. The molecule has 7 heteroatoms. The summed E-state index contributed by atoms with van der Waals surface area (Å²) in [6.07, 6.45) is 2.64. The zero-order chi connectivity index (χ0) is 14.6. The fraction of sp³-hybridized carbons (Fsp3) is 0.231. The summed E-state index contributed by atoms with van der Waals surface area (Å²) in [4.78, 5) is 5.36. The second-order valence-corrected chi connectivity index (χ2v) is 7.00. The molecule has 20 heavy (non-hydrogen) atoms. The quantitative estimate of drug-likeness (QED) is 0.916. The number of hydrogen-bond donors (Lipinski definition) is 1. The van der Waals surface area contributed by atoms with Crippen LogP contribution < -0.4 is 4.72 Å². The third kappa shape index (κ3) is 3.42. The molecule has 104 valence electrons.